The van der Waals surface area contributed by atoms with E-state index in [1.165, 1.54) is 97.9 Å². The fraction of sp³-hybridized carbons (Fsp3) is 0.0492. The van der Waals surface area contributed by atoms with Crippen LogP contribution in [0.2, 0.25) is 0 Å². The number of para-hydroxylation sites is 1. The molecule has 0 N–H and O–H groups in total. The first-order chi connectivity index (χ1) is 31.8. The lowest BCUT2D eigenvalue weighted by atomic mass is 9.67. The molecule has 302 valence electrons. The first-order valence-electron chi connectivity index (χ1n) is 22.3. The van der Waals surface area contributed by atoms with Gasteiger partial charge >= 0.3 is 0 Å². The highest BCUT2D eigenvalue weighted by molar-refractivity contribution is 7.26. The minimum Gasteiger partial charge on any atom is -0.314 e. The van der Waals surface area contributed by atoms with Gasteiger partial charge in [-0.2, -0.15) is 0 Å². The second-order valence-electron chi connectivity index (χ2n) is 17.1. The summed E-state index contributed by atoms with van der Waals surface area (Å²) in [5.41, 5.74) is 17.1. The third-order valence-corrected chi connectivity index (χ3v) is 14.9. The highest BCUT2D eigenvalue weighted by atomic mass is 32.1. The summed E-state index contributed by atoms with van der Waals surface area (Å²) in [6, 6.07) is 81.0. The molecule has 2 aliphatic carbocycles. The molecule has 13 rings (SSSR count). The van der Waals surface area contributed by atoms with Gasteiger partial charge in [-0.25, -0.2) is 0 Å². The van der Waals surface area contributed by atoms with E-state index in [0.29, 0.717) is 0 Å². The zero-order chi connectivity index (χ0) is 42.2. The molecule has 0 saturated heterocycles. The van der Waals surface area contributed by atoms with Crippen LogP contribution in [0, 0.1) is 0 Å². The van der Waals surface area contributed by atoms with Crippen LogP contribution in [0.15, 0.2) is 236 Å². The van der Waals surface area contributed by atoms with Gasteiger partial charge in [-0.3, -0.25) is 0 Å². The summed E-state index contributed by atoms with van der Waals surface area (Å²) in [7, 11) is 0. The number of hydrogen-bond acceptors (Lipinski definition) is 2. The first-order valence-corrected chi connectivity index (χ1v) is 23.1. The topological polar surface area (TPSA) is 8.17 Å². The Morgan fingerprint density at radius 3 is 1.84 bits per heavy atom. The van der Waals surface area contributed by atoms with Crippen molar-refractivity contribution in [3.8, 4) is 16.8 Å². The van der Waals surface area contributed by atoms with Crippen molar-refractivity contribution in [1.82, 2.24) is 4.57 Å². The lowest BCUT2D eigenvalue weighted by Gasteiger charge is -2.35. The summed E-state index contributed by atoms with van der Waals surface area (Å²) in [5.74, 6) is 0. The van der Waals surface area contributed by atoms with Crippen molar-refractivity contribution >= 4 is 70.3 Å². The fourth-order valence-corrected chi connectivity index (χ4v) is 12.2. The molecular formula is C61H42N2S. The number of aromatic nitrogens is 1. The molecule has 64 heavy (non-hydrogen) atoms. The molecule has 0 radical (unpaired) electrons. The Labute approximate surface area is 376 Å². The van der Waals surface area contributed by atoms with Crippen molar-refractivity contribution in [3.63, 3.8) is 0 Å². The van der Waals surface area contributed by atoms with Crippen molar-refractivity contribution in [2.45, 2.75) is 18.3 Å². The number of nitrogens with zero attached hydrogens (tertiary/aromatic N) is 2. The standard InChI is InChI=1S/C61H42N2S/c1-5-17-41(18-6-1)42-29-31-46(32-30-42)62(48-33-35-50-49-25-13-15-27-54(49)61(55(50)40-48,43-19-7-2-8-20-43)44-21-9-3-10-22-44)47-34-37-56-53(39-47)51-36-38-58-59(52-26-14-16-28-57(52)64-58)60(51)63(56)45-23-11-4-12-24-45/h1-29,31,33-40H,30,32H2. The normalized spacial score (nSPS) is 14.1. The van der Waals surface area contributed by atoms with Crippen LogP contribution in [0.5, 0.6) is 0 Å². The van der Waals surface area contributed by atoms with Gasteiger partial charge in [-0.15, -0.1) is 11.3 Å². The van der Waals surface area contributed by atoms with Crippen molar-refractivity contribution in [3.05, 3.63) is 264 Å². The van der Waals surface area contributed by atoms with E-state index in [0.717, 1.165) is 24.2 Å². The Morgan fingerprint density at radius 2 is 1.09 bits per heavy atom. The molecule has 9 aromatic carbocycles. The average molecular weight is 835 g/mol. The lowest BCUT2D eigenvalue weighted by molar-refractivity contribution is 0.768. The Morgan fingerprint density at radius 1 is 0.453 bits per heavy atom. The highest BCUT2D eigenvalue weighted by Crippen LogP contribution is 2.57. The molecular weight excluding hydrogens is 793 g/mol. The summed E-state index contributed by atoms with van der Waals surface area (Å²) in [6.07, 6.45) is 6.58. The van der Waals surface area contributed by atoms with Crippen molar-refractivity contribution in [2.24, 2.45) is 0 Å². The van der Waals surface area contributed by atoms with Gasteiger partial charge in [0.25, 0.3) is 0 Å². The number of hydrogen-bond donors (Lipinski definition) is 0. The molecule has 0 saturated carbocycles. The maximum Gasteiger partial charge on any atom is 0.0714 e. The molecule has 2 nitrogen and oxygen atoms in total. The highest BCUT2D eigenvalue weighted by Gasteiger charge is 2.46. The van der Waals surface area contributed by atoms with E-state index in [-0.39, 0.29) is 0 Å². The molecule has 0 bridgehead atoms. The predicted molar refractivity (Wildman–Crippen MR) is 271 cm³/mol. The fourth-order valence-electron chi connectivity index (χ4n) is 11.0. The summed E-state index contributed by atoms with van der Waals surface area (Å²) in [6.45, 7) is 0. The molecule has 0 fully saturated rings. The molecule has 2 heterocycles. The largest absolute Gasteiger partial charge is 0.314 e. The van der Waals surface area contributed by atoms with E-state index < -0.39 is 5.41 Å². The maximum atomic E-state index is 2.55. The van der Waals surface area contributed by atoms with Gasteiger partial charge < -0.3 is 9.47 Å². The zero-order valence-corrected chi connectivity index (χ0v) is 36.0. The molecule has 0 spiro atoms. The summed E-state index contributed by atoms with van der Waals surface area (Å²) >= 11 is 1.88. The van der Waals surface area contributed by atoms with E-state index in [1.54, 1.807) is 0 Å². The second-order valence-corrected chi connectivity index (χ2v) is 18.2. The predicted octanol–water partition coefficient (Wildman–Crippen LogP) is 16.4. The molecule has 2 aromatic heterocycles. The maximum absolute atomic E-state index is 2.55. The second kappa shape index (κ2) is 14.7. The minimum atomic E-state index is -0.501. The monoisotopic (exact) mass is 834 g/mol. The van der Waals surface area contributed by atoms with Crippen LogP contribution < -0.4 is 4.90 Å². The third-order valence-electron chi connectivity index (χ3n) is 13.8. The van der Waals surface area contributed by atoms with Crippen molar-refractivity contribution in [2.75, 3.05) is 4.90 Å². The van der Waals surface area contributed by atoms with Gasteiger partial charge in [-0.05, 0) is 118 Å². The van der Waals surface area contributed by atoms with E-state index >= 15 is 0 Å². The Bertz CT molecular complexity index is 3610. The summed E-state index contributed by atoms with van der Waals surface area (Å²) in [5, 5.41) is 5.13. The number of anilines is 2. The van der Waals surface area contributed by atoms with Crippen LogP contribution in [-0.4, -0.2) is 4.57 Å². The van der Waals surface area contributed by atoms with Crippen LogP contribution in [0.3, 0.4) is 0 Å². The molecule has 2 aliphatic rings. The smallest absolute Gasteiger partial charge is 0.0714 e. The zero-order valence-electron chi connectivity index (χ0n) is 35.2. The van der Waals surface area contributed by atoms with Gasteiger partial charge in [0.2, 0.25) is 0 Å². The van der Waals surface area contributed by atoms with Crippen LogP contribution in [0.25, 0.3) is 64.4 Å². The van der Waals surface area contributed by atoms with Crippen molar-refractivity contribution < 1.29 is 0 Å². The molecule has 0 amide bonds. The van der Waals surface area contributed by atoms with E-state index in [2.05, 4.69) is 240 Å². The van der Waals surface area contributed by atoms with Gasteiger partial charge in [0, 0.05) is 53.7 Å². The van der Waals surface area contributed by atoms with Gasteiger partial charge in [-0.1, -0.05) is 170 Å². The molecule has 0 atom stereocenters. The van der Waals surface area contributed by atoms with Crippen LogP contribution in [-0.2, 0) is 5.41 Å². The number of thiophene rings is 1. The van der Waals surface area contributed by atoms with E-state index in [4.69, 9.17) is 0 Å². The third kappa shape index (κ3) is 5.51. The SMILES string of the molecule is C1=C(c2ccccc2)CCC(N(c2ccc3c(c2)C(c2ccccc2)(c2ccccc2)c2ccccc2-3)c2ccc3c(c2)c2ccc4sc5ccccc5c4c2n3-c2ccccc2)=C1. The van der Waals surface area contributed by atoms with Gasteiger partial charge in [0.1, 0.15) is 0 Å². The average Bonchev–Trinajstić information content (AvgIpc) is 4.01. The van der Waals surface area contributed by atoms with Crippen molar-refractivity contribution in [1.29, 1.82) is 0 Å². The summed E-state index contributed by atoms with van der Waals surface area (Å²) in [4.78, 5) is 2.55. The van der Waals surface area contributed by atoms with Gasteiger partial charge in [0.05, 0.1) is 16.4 Å². The lowest BCUT2D eigenvalue weighted by Crippen LogP contribution is -2.29. The number of fused-ring (bicyclic) bond motifs is 10. The quantitative estimate of drug-likeness (QED) is 0.155. The summed E-state index contributed by atoms with van der Waals surface area (Å²) < 4.78 is 5.12. The van der Waals surface area contributed by atoms with E-state index in [1.807, 2.05) is 11.3 Å². The number of benzene rings is 9. The minimum absolute atomic E-state index is 0.501. The Kier molecular flexibility index (Phi) is 8.47. The Hall–Kier alpha value is -7.72. The molecule has 0 aliphatic heterocycles. The van der Waals surface area contributed by atoms with E-state index in [9.17, 15) is 0 Å². The first kappa shape index (κ1) is 36.9. The molecule has 0 unspecified atom stereocenters. The van der Waals surface area contributed by atoms with Crippen LogP contribution in [0.4, 0.5) is 11.4 Å². The molecule has 3 heteroatoms. The number of rotatable bonds is 7. The number of allylic oxidation sites excluding steroid dienone is 4. The molecule has 11 aromatic rings. The van der Waals surface area contributed by atoms with Crippen LogP contribution >= 0.6 is 11.3 Å². The Balaban J connectivity index is 1.08. The van der Waals surface area contributed by atoms with Gasteiger partial charge in [0.15, 0.2) is 0 Å². The van der Waals surface area contributed by atoms with Crippen LogP contribution in [0.1, 0.15) is 40.7 Å².